The van der Waals surface area contributed by atoms with Gasteiger partial charge in [-0.1, -0.05) is 6.07 Å². The monoisotopic (exact) mass is 176 g/mol. The second kappa shape index (κ2) is 2.25. The van der Waals surface area contributed by atoms with E-state index in [1.165, 1.54) is 0 Å². The van der Waals surface area contributed by atoms with Crippen molar-refractivity contribution in [1.29, 1.82) is 0 Å². The molecule has 0 saturated heterocycles. The van der Waals surface area contributed by atoms with Crippen LogP contribution in [0.15, 0.2) is 12.1 Å². The number of benzene rings is 1. The Morgan fingerprint density at radius 1 is 1.15 bits per heavy atom. The van der Waals surface area contributed by atoms with E-state index in [0.29, 0.717) is 17.9 Å². The fraction of sp³-hybridized carbons (Fsp3) is 0.300. The van der Waals surface area contributed by atoms with Crippen LogP contribution in [0.3, 0.4) is 0 Å². The first kappa shape index (κ1) is 6.95. The molecule has 0 saturated carbocycles. The fourth-order valence-corrected chi connectivity index (χ4v) is 1.90. The number of ether oxygens (including phenoxy) is 2. The molecule has 1 aromatic rings. The first-order valence-corrected chi connectivity index (χ1v) is 4.31. The maximum atomic E-state index is 11.5. The van der Waals surface area contributed by atoms with Crippen LogP contribution in [0.5, 0.6) is 11.5 Å². The predicted octanol–water partition coefficient (Wildman–Crippen LogP) is 1.54. The van der Waals surface area contributed by atoms with Gasteiger partial charge in [0.1, 0.15) is 0 Å². The van der Waals surface area contributed by atoms with Crippen LogP contribution in [0.25, 0.3) is 0 Å². The first-order valence-electron chi connectivity index (χ1n) is 4.31. The lowest BCUT2D eigenvalue weighted by Gasteiger charge is -2.01. The van der Waals surface area contributed by atoms with Crippen molar-refractivity contribution in [3.05, 3.63) is 23.3 Å². The maximum absolute atomic E-state index is 11.5. The van der Waals surface area contributed by atoms with Gasteiger partial charge in [-0.25, -0.2) is 0 Å². The van der Waals surface area contributed by atoms with Crippen LogP contribution in [-0.4, -0.2) is 12.6 Å². The van der Waals surface area contributed by atoms with E-state index in [1.807, 2.05) is 12.1 Å². The van der Waals surface area contributed by atoms with Crippen molar-refractivity contribution in [3.63, 3.8) is 0 Å². The van der Waals surface area contributed by atoms with Crippen LogP contribution in [-0.2, 0) is 6.42 Å². The van der Waals surface area contributed by atoms with Crippen molar-refractivity contribution in [2.45, 2.75) is 12.8 Å². The Labute approximate surface area is 75.3 Å². The van der Waals surface area contributed by atoms with Gasteiger partial charge in [0.15, 0.2) is 17.3 Å². The molecule has 0 fully saturated rings. The van der Waals surface area contributed by atoms with E-state index in [4.69, 9.17) is 9.47 Å². The number of Topliss-reactive ketones (excluding diaryl/α,β-unsaturated/α-hetero) is 1. The highest BCUT2D eigenvalue weighted by Crippen LogP contribution is 2.40. The maximum Gasteiger partial charge on any atom is 0.231 e. The minimum absolute atomic E-state index is 0.178. The Balaban J connectivity index is 2.29. The van der Waals surface area contributed by atoms with Crippen molar-refractivity contribution in [3.8, 4) is 11.5 Å². The molecule has 0 bridgehead atoms. The Kier molecular flexibility index (Phi) is 1.20. The first-order chi connectivity index (χ1) is 6.36. The highest BCUT2D eigenvalue weighted by atomic mass is 16.7. The number of carbonyl (C=O) groups excluding carboxylic acids is 1. The molecular weight excluding hydrogens is 168 g/mol. The van der Waals surface area contributed by atoms with Crippen LogP contribution in [0.4, 0.5) is 0 Å². The topological polar surface area (TPSA) is 35.5 Å². The van der Waals surface area contributed by atoms with Crippen LogP contribution in [0.1, 0.15) is 22.3 Å². The molecule has 13 heavy (non-hydrogen) atoms. The molecule has 0 atom stereocenters. The number of hydrogen-bond acceptors (Lipinski definition) is 3. The quantitative estimate of drug-likeness (QED) is 0.601. The van der Waals surface area contributed by atoms with Crippen LogP contribution in [0, 0.1) is 0 Å². The van der Waals surface area contributed by atoms with E-state index in [9.17, 15) is 4.79 Å². The van der Waals surface area contributed by atoms with Gasteiger partial charge < -0.3 is 9.47 Å². The summed E-state index contributed by atoms with van der Waals surface area (Å²) in [4.78, 5) is 11.5. The molecule has 66 valence electrons. The van der Waals surface area contributed by atoms with Crippen molar-refractivity contribution < 1.29 is 14.3 Å². The molecule has 1 aliphatic carbocycles. The standard InChI is InChI=1S/C10H8O3/c11-7-3-1-6-2-4-8-10(9(6)7)13-5-12-8/h2,4H,1,3,5H2. The molecule has 3 nitrogen and oxygen atoms in total. The van der Waals surface area contributed by atoms with Gasteiger partial charge in [0, 0.05) is 6.42 Å². The smallest absolute Gasteiger partial charge is 0.231 e. The summed E-state index contributed by atoms with van der Waals surface area (Å²) in [6.07, 6.45) is 1.44. The zero-order valence-corrected chi connectivity index (χ0v) is 7.00. The Bertz CT molecular complexity index is 395. The number of aryl methyl sites for hydroxylation is 1. The molecule has 3 heteroatoms. The van der Waals surface area contributed by atoms with E-state index in [1.54, 1.807) is 0 Å². The van der Waals surface area contributed by atoms with E-state index in [-0.39, 0.29) is 12.6 Å². The Morgan fingerprint density at radius 2 is 2.08 bits per heavy atom. The van der Waals surface area contributed by atoms with Crippen molar-refractivity contribution in [1.82, 2.24) is 0 Å². The van der Waals surface area contributed by atoms with Gasteiger partial charge in [0.25, 0.3) is 0 Å². The van der Waals surface area contributed by atoms with E-state index < -0.39 is 0 Å². The fourth-order valence-electron chi connectivity index (χ4n) is 1.90. The van der Waals surface area contributed by atoms with Crippen LogP contribution in [0.2, 0.25) is 0 Å². The normalized spacial score (nSPS) is 17.7. The van der Waals surface area contributed by atoms with Gasteiger partial charge >= 0.3 is 0 Å². The average molecular weight is 176 g/mol. The summed E-state index contributed by atoms with van der Waals surface area (Å²) in [5.41, 5.74) is 1.84. The average Bonchev–Trinajstić information content (AvgIpc) is 2.70. The number of fused-ring (bicyclic) bond motifs is 3. The number of hydrogen-bond donors (Lipinski definition) is 0. The molecule has 0 unspecified atom stereocenters. The summed E-state index contributed by atoms with van der Waals surface area (Å²) in [6.45, 7) is 0.235. The third-order valence-corrected chi connectivity index (χ3v) is 2.53. The number of rotatable bonds is 0. The molecule has 1 aliphatic heterocycles. The summed E-state index contributed by atoms with van der Waals surface area (Å²) in [5, 5.41) is 0. The predicted molar refractivity (Wildman–Crippen MR) is 45.2 cm³/mol. The van der Waals surface area contributed by atoms with E-state index >= 15 is 0 Å². The minimum Gasteiger partial charge on any atom is -0.454 e. The molecule has 0 amide bonds. The lowest BCUT2D eigenvalue weighted by Crippen LogP contribution is -1.96. The van der Waals surface area contributed by atoms with Gasteiger partial charge in [0.05, 0.1) is 5.56 Å². The summed E-state index contributed by atoms with van der Waals surface area (Å²) >= 11 is 0. The molecular formula is C10H8O3. The largest absolute Gasteiger partial charge is 0.454 e. The summed E-state index contributed by atoms with van der Waals surface area (Å²) in [6, 6.07) is 3.83. The van der Waals surface area contributed by atoms with Gasteiger partial charge in [-0.3, -0.25) is 4.79 Å². The van der Waals surface area contributed by atoms with Crippen LogP contribution >= 0.6 is 0 Å². The molecule has 3 rings (SSSR count). The summed E-state index contributed by atoms with van der Waals surface area (Å²) < 4.78 is 10.5. The second-order valence-corrected chi connectivity index (χ2v) is 3.26. The zero-order chi connectivity index (χ0) is 8.84. The van der Waals surface area contributed by atoms with E-state index in [2.05, 4.69) is 0 Å². The summed E-state index contributed by atoms with van der Waals surface area (Å²) in [7, 11) is 0. The third-order valence-electron chi connectivity index (χ3n) is 2.53. The van der Waals surface area contributed by atoms with Gasteiger partial charge in [-0.05, 0) is 18.1 Å². The molecule has 0 spiro atoms. The zero-order valence-electron chi connectivity index (χ0n) is 7.00. The van der Waals surface area contributed by atoms with Crippen LogP contribution < -0.4 is 9.47 Å². The minimum atomic E-state index is 0.178. The molecule has 0 aromatic heterocycles. The van der Waals surface area contributed by atoms with Gasteiger partial charge in [-0.15, -0.1) is 0 Å². The van der Waals surface area contributed by atoms with E-state index in [0.717, 1.165) is 17.5 Å². The second-order valence-electron chi connectivity index (χ2n) is 3.26. The molecule has 2 aliphatic rings. The number of ketones is 1. The van der Waals surface area contributed by atoms with Gasteiger partial charge in [0.2, 0.25) is 6.79 Å². The Morgan fingerprint density at radius 3 is 3.00 bits per heavy atom. The summed E-state index contributed by atoms with van der Waals surface area (Å²) in [5.74, 6) is 1.53. The van der Waals surface area contributed by atoms with Crippen molar-refractivity contribution in [2.24, 2.45) is 0 Å². The highest BCUT2D eigenvalue weighted by molar-refractivity contribution is 6.03. The molecule has 1 aromatic carbocycles. The SMILES string of the molecule is O=C1CCc2ccc3c(c21)OCO3. The highest BCUT2D eigenvalue weighted by Gasteiger charge is 2.29. The number of carbonyl (C=O) groups is 1. The molecule has 1 heterocycles. The van der Waals surface area contributed by atoms with Gasteiger partial charge in [-0.2, -0.15) is 0 Å². The lowest BCUT2D eigenvalue weighted by atomic mass is 10.1. The Hall–Kier alpha value is -1.51. The molecule has 0 radical (unpaired) electrons. The lowest BCUT2D eigenvalue weighted by molar-refractivity contribution is 0.0990. The van der Waals surface area contributed by atoms with Crippen molar-refractivity contribution >= 4 is 5.78 Å². The third kappa shape index (κ3) is 0.813. The molecule has 0 N–H and O–H groups in total. The van der Waals surface area contributed by atoms with Crippen molar-refractivity contribution in [2.75, 3.05) is 6.79 Å².